The Morgan fingerprint density at radius 2 is 1.59 bits per heavy atom. The topological polar surface area (TPSA) is 15.7 Å². The fourth-order valence-corrected chi connectivity index (χ4v) is 4.23. The summed E-state index contributed by atoms with van der Waals surface area (Å²) in [6.07, 6.45) is 4.75. The smallest absolute Gasteiger partial charge is 0.123 e. The van der Waals surface area contributed by atoms with Crippen molar-refractivity contribution in [1.29, 1.82) is 0 Å². The van der Waals surface area contributed by atoms with E-state index in [1.165, 1.54) is 36.0 Å². The standard InChI is InChI=1S/C23H29FN2O.2ClH/c1-18-16-19-4-2-5-20(19)17-23(18)27-15-3-10-25-11-13-26(14-12-25)22-8-6-21(24)7-9-22;;/h6-9,16-17H,2-5,10-15H2,1H3;2*1H. The molecule has 2 aliphatic rings. The largest absolute Gasteiger partial charge is 0.493 e. The molecule has 160 valence electrons. The van der Waals surface area contributed by atoms with Gasteiger partial charge in [0.2, 0.25) is 0 Å². The summed E-state index contributed by atoms with van der Waals surface area (Å²) in [7, 11) is 0. The third kappa shape index (κ3) is 6.00. The van der Waals surface area contributed by atoms with Crippen LogP contribution in [0, 0.1) is 12.7 Å². The number of rotatable bonds is 6. The van der Waals surface area contributed by atoms with Gasteiger partial charge in [-0.25, -0.2) is 4.39 Å². The van der Waals surface area contributed by atoms with Crippen LogP contribution in [0.5, 0.6) is 5.75 Å². The predicted octanol–water partition coefficient (Wildman–Crippen LogP) is 5.06. The Morgan fingerprint density at radius 1 is 0.931 bits per heavy atom. The van der Waals surface area contributed by atoms with Crippen LogP contribution in [0.3, 0.4) is 0 Å². The number of aryl methyl sites for hydroxylation is 3. The maximum atomic E-state index is 13.1. The molecule has 1 aliphatic heterocycles. The molecule has 2 aromatic carbocycles. The Bertz CT molecular complexity index is 777. The minimum absolute atomic E-state index is 0. The number of fused-ring (bicyclic) bond motifs is 1. The molecule has 0 amide bonds. The molecule has 2 aromatic rings. The molecule has 29 heavy (non-hydrogen) atoms. The van der Waals surface area contributed by atoms with Crippen molar-refractivity contribution in [2.75, 3.05) is 44.2 Å². The highest BCUT2D eigenvalue weighted by molar-refractivity contribution is 5.85. The molecule has 0 atom stereocenters. The van der Waals surface area contributed by atoms with Crippen LogP contribution < -0.4 is 9.64 Å². The van der Waals surface area contributed by atoms with Gasteiger partial charge < -0.3 is 9.64 Å². The molecule has 6 heteroatoms. The zero-order valence-electron chi connectivity index (χ0n) is 17.0. The molecule has 1 fully saturated rings. The van der Waals surface area contributed by atoms with E-state index in [9.17, 15) is 4.39 Å². The maximum absolute atomic E-state index is 13.1. The van der Waals surface area contributed by atoms with Crippen LogP contribution in [0.15, 0.2) is 36.4 Å². The van der Waals surface area contributed by atoms with Crippen molar-refractivity contribution >= 4 is 30.5 Å². The van der Waals surface area contributed by atoms with E-state index in [0.717, 1.165) is 57.2 Å². The van der Waals surface area contributed by atoms with Gasteiger partial charge >= 0.3 is 0 Å². The van der Waals surface area contributed by atoms with Crippen molar-refractivity contribution in [3.63, 3.8) is 0 Å². The Labute approximate surface area is 186 Å². The summed E-state index contributed by atoms with van der Waals surface area (Å²) in [5.41, 5.74) is 5.38. The van der Waals surface area contributed by atoms with Crippen molar-refractivity contribution < 1.29 is 9.13 Å². The van der Waals surface area contributed by atoms with Crippen LogP contribution in [0.4, 0.5) is 10.1 Å². The number of nitrogens with zero attached hydrogens (tertiary/aromatic N) is 2. The monoisotopic (exact) mass is 440 g/mol. The van der Waals surface area contributed by atoms with Gasteiger partial charge in [-0.2, -0.15) is 0 Å². The quantitative estimate of drug-likeness (QED) is 0.583. The summed E-state index contributed by atoms with van der Waals surface area (Å²) in [6.45, 7) is 8.10. The van der Waals surface area contributed by atoms with Crippen LogP contribution in [0.1, 0.15) is 29.5 Å². The van der Waals surface area contributed by atoms with Gasteiger partial charge in [-0.3, -0.25) is 4.90 Å². The van der Waals surface area contributed by atoms with Gasteiger partial charge in [0, 0.05) is 38.4 Å². The normalized spacial score (nSPS) is 16.0. The summed E-state index contributed by atoms with van der Waals surface area (Å²) >= 11 is 0. The molecular weight excluding hydrogens is 410 g/mol. The molecule has 4 rings (SSSR count). The lowest BCUT2D eigenvalue weighted by molar-refractivity contribution is 0.224. The lowest BCUT2D eigenvalue weighted by atomic mass is 10.1. The molecule has 0 aromatic heterocycles. The van der Waals surface area contributed by atoms with Crippen LogP contribution in [-0.4, -0.2) is 44.2 Å². The highest BCUT2D eigenvalue weighted by Gasteiger charge is 2.17. The SMILES string of the molecule is Cc1cc2c(cc1OCCCN1CCN(c3ccc(F)cc3)CC1)CCC2.Cl.Cl. The number of halogens is 3. The van der Waals surface area contributed by atoms with E-state index < -0.39 is 0 Å². The number of benzene rings is 2. The summed E-state index contributed by atoms with van der Waals surface area (Å²) in [5, 5.41) is 0. The van der Waals surface area contributed by atoms with Crippen molar-refractivity contribution in [1.82, 2.24) is 4.90 Å². The molecular formula is C23H31Cl2FN2O. The maximum Gasteiger partial charge on any atom is 0.123 e. The van der Waals surface area contributed by atoms with E-state index in [1.807, 2.05) is 12.1 Å². The van der Waals surface area contributed by atoms with Crippen molar-refractivity contribution in [3.05, 3.63) is 58.9 Å². The number of hydrogen-bond acceptors (Lipinski definition) is 3. The van der Waals surface area contributed by atoms with Gasteiger partial charge in [-0.15, -0.1) is 24.8 Å². The van der Waals surface area contributed by atoms with E-state index in [-0.39, 0.29) is 30.6 Å². The average molecular weight is 441 g/mol. The zero-order chi connectivity index (χ0) is 18.6. The van der Waals surface area contributed by atoms with Crippen LogP contribution in [-0.2, 0) is 12.8 Å². The number of piperazine rings is 1. The van der Waals surface area contributed by atoms with E-state index >= 15 is 0 Å². The average Bonchev–Trinajstić information content (AvgIpc) is 3.13. The van der Waals surface area contributed by atoms with Gasteiger partial charge in [0.1, 0.15) is 11.6 Å². The number of hydrogen-bond donors (Lipinski definition) is 0. The fourth-order valence-electron chi connectivity index (χ4n) is 4.23. The fraction of sp³-hybridized carbons (Fsp3) is 0.478. The molecule has 0 bridgehead atoms. The Kier molecular flexibility index (Phi) is 9.06. The van der Waals surface area contributed by atoms with Gasteiger partial charge in [0.05, 0.1) is 6.61 Å². The van der Waals surface area contributed by atoms with Gasteiger partial charge in [-0.05, 0) is 79.6 Å². The third-order valence-electron chi connectivity index (χ3n) is 5.83. The van der Waals surface area contributed by atoms with E-state index in [2.05, 4.69) is 28.9 Å². The summed E-state index contributed by atoms with van der Waals surface area (Å²) in [4.78, 5) is 4.83. The first-order valence-corrected chi connectivity index (χ1v) is 10.2. The van der Waals surface area contributed by atoms with Crippen LogP contribution >= 0.6 is 24.8 Å². The molecule has 3 nitrogen and oxygen atoms in total. The molecule has 0 radical (unpaired) electrons. The van der Waals surface area contributed by atoms with Crippen LogP contribution in [0.25, 0.3) is 0 Å². The van der Waals surface area contributed by atoms with E-state index in [1.54, 1.807) is 12.1 Å². The highest BCUT2D eigenvalue weighted by atomic mass is 35.5. The first-order valence-electron chi connectivity index (χ1n) is 10.2. The third-order valence-corrected chi connectivity index (χ3v) is 5.83. The number of anilines is 1. The Balaban J connectivity index is 0.00000150. The summed E-state index contributed by atoms with van der Waals surface area (Å²) in [6, 6.07) is 11.4. The molecule has 0 spiro atoms. The molecule has 1 aliphatic carbocycles. The Hall–Kier alpha value is -1.49. The van der Waals surface area contributed by atoms with Crippen molar-refractivity contribution in [3.8, 4) is 5.75 Å². The molecule has 0 saturated carbocycles. The second kappa shape index (κ2) is 11.1. The van der Waals surface area contributed by atoms with Gasteiger partial charge in [-0.1, -0.05) is 6.07 Å². The minimum Gasteiger partial charge on any atom is -0.493 e. The highest BCUT2D eigenvalue weighted by Crippen LogP contribution is 2.29. The van der Waals surface area contributed by atoms with Crippen LogP contribution in [0.2, 0.25) is 0 Å². The lowest BCUT2D eigenvalue weighted by Gasteiger charge is -2.36. The zero-order valence-corrected chi connectivity index (χ0v) is 18.7. The Morgan fingerprint density at radius 3 is 2.28 bits per heavy atom. The summed E-state index contributed by atoms with van der Waals surface area (Å²) in [5.74, 6) is 0.896. The van der Waals surface area contributed by atoms with E-state index in [0.29, 0.717) is 0 Å². The van der Waals surface area contributed by atoms with Gasteiger partial charge in [0.15, 0.2) is 0 Å². The molecule has 0 unspecified atom stereocenters. The second-order valence-electron chi connectivity index (χ2n) is 7.75. The van der Waals surface area contributed by atoms with Gasteiger partial charge in [0.25, 0.3) is 0 Å². The minimum atomic E-state index is -0.170. The first kappa shape index (κ1) is 23.8. The van der Waals surface area contributed by atoms with Crippen molar-refractivity contribution in [2.45, 2.75) is 32.6 Å². The van der Waals surface area contributed by atoms with Crippen molar-refractivity contribution in [2.24, 2.45) is 0 Å². The predicted molar refractivity (Wildman–Crippen MR) is 123 cm³/mol. The second-order valence-corrected chi connectivity index (χ2v) is 7.75. The number of ether oxygens (including phenoxy) is 1. The molecule has 1 heterocycles. The first-order chi connectivity index (χ1) is 13.2. The molecule has 1 saturated heterocycles. The van der Waals surface area contributed by atoms with E-state index in [4.69, 9.17) is 4.74 Å². The lowest BCUT2D eigenvalue weighted by Crippen LogP contribution is -2.46. The summed E-state index contributed by atoms with van der Waals surface area (Å²) < 4.78 is 19.1. The molecule has 0 N–H and O–H groups in total.